The van der Waals surface area contributed by atoms with Crippen LogP contribution in [-0.4, -0.2) is 23.4 Å². The van der Waals surface area contributed by atoms with E-state index in [1.807, 2.05) is 6.07 Å². The summed E-state index contributed by atoms with van der Waals surface area (Å²) >= 11 is 0. The smallest absolute Gasteiger partial charge is 0.218 e. The fraction of sp³-hybridized carbons (Fsp3) is 0.250. The molecule has 6 nitrogen and oxygen atoms in total. The predicted octanol–water partition coefficient (Wildman–Crippen LogP) is -0.000700. The molecule has 94 valence electrons. The Morgan fingerprint density at radius 1 is 1.33 bits per heavy atom. The molecule has 0 bridgehead atoms. The molecule has 0 amide bonds. The van der Waals surface area contributed by atoms with Gasteiger partial charge in [0.2, 0.25) is 5.96 Å². The van der Waals surface area contributed by atoms with E-state index in [4.69, 9.17) is 17.2 Å². The fourth-order valence-corrected chi connectivity index (χ4v) is 1.90. The lowest BCUT2D eigenvalue weighted by Gasteiger charge is -2.02. The lowest BCUT2D eigenvalue weighted by molar-refractivity contribution is 1.00. The lowest BCUT2D eigenvalue weighted by atomic mass is 10.1. The Bertz CT molecular complexity index is 525. The van der Waals surface area contributed by atoms with Gasteiger partial charge in [-0.2, -0.15) is 4.99 Å². The average Bonchev–Trinajstić information content (AvgIpc) is 2.72. The normalized spacial score (nSPS) is 14.0. The van der Waals surface area contributed by atoms with Gasteiger partial charge in [0.25, 0.3) is 0 Å². The number of nitrogens with two attached hydrogens (primary N) is 3. The molecule has 2 rings (SSSR count). The van der Waals surface area contributed by atoms with Crippen LogP contribution < -0.4 is 17.2 Å². The summed E-state index contributed by atoms with van der Waals surface area (Å²) in [5.74, 6) is 0.0261. The van der Waals surface area contributed by atoms with Crippen molar-refractivity contribution in [1.82, 2.24) is 4.98 Å². The number of guanidine groups is 2. The molecule has 0 saturated heterocycles. The molecule has 1 aliphatic carbocycles. The summed E-state index contributed by atoms with van der Waals surface area (Å²) in [4.78, 5) is 12.1. The Morgan fingerprint density at radius 2 is 2.17 bits per heavy atom. The highest BCUT2D eigenvalue weighted by Crippen LogP contribution is 2.27. The van der Waals surface area contributed by atoms with Crippen molar-refractivity contribution in [3.63, 3.8) is 0 Å². The van der Waals surface area contributed by atoms with Crippen molar-refractivity contribution >= 4 is 17.5 Å². The van der Waals surface area contributed by atoms with E-state index < -0.39 is 0 Å². The predicted molar refractivity (Wildman–Crippen MR) is 72.8 cm³/mol. The molecule has 0 saturated carbocycles. The topological polar surface area (TPSA) is 116 Å². The van der Waals surface area contributed by atoms with Crippen molar-refractivity contribution < 1.29 is 0 Å². The molecule has 1 aromatic rings. The number of aromatic nitrogens is 1. The minimum Gasteiger partial charge on any atom is -0.370 e. The number of hydrogen-bond donors (Lipinski definition) is 3. The number of aliphatic imine (C=N–C) groups is 2. The quantitative estimate of drug-likeness (QED) is 0.512. The second-order valence-corrected chi connectivity index (χ2v) is 3.97. The second kappa shape index (κ2) is 5.31. The SMILES string of the molecule is NC(N)=NC(N)=NCCC1=CCc2cccnc21. The van der Waals surface area contributed by atoms with Crippen molar-refractivity contribution in [2.45, 2.75) is 12.8 Å². The van der Waals surface area contributed by atoms with Crippen LogP contribution >= 0.6 is 0 Å². The van der Waals surface area contributed by atoms with E-state index in [1.165, 1.54) is 11.1 Å². The van der Waals surface area contributed by atoms with Crippen LogP contribution in [0.2, 0.25) is 0 Å². The highest BCUT2D eigenvalue weighted by Gasteiger charge is 2.13. The first-order valence-electron chi connectivity index (χ1n) is 5.69. The van der Waals surface area contributed by atoms with Crippen molar-refractivity contribution in [2.24, 2.45) is 27.2 Å². The van der Waals surface area contributed by atoms with E-state index in [-0.39, 0.29) is 11.9 Å². The zero-order valence-corrected chi connectivity index (χ0v) is 10.0. The first-order chi connectivity index (χ1) is 8.66. The number of nitrogens with zero attached hydrogens (tertiary/aromatic N) is 3. The molecule has 0 atom stereocenters. The van der Waals surface area contributed by atoms with Crippen molar-refractivity contribution in [2.75, 3.05) is 6.54 Å². The zero-order chi connectivity index (χ0) is 13.0. The van der Waals surface area contributed by atoms with E-state index >= 15 is 0 Å². The zero-order valence-electron chi connectivity index (χ0n) is 10.0. The third-order valence-corrected chi connectivity index (χ3v) is 2.66. The molecule has 18 heavy (non-hydrogen) atoms. The molecule has 0 radical (unpaired) electrons. The molecule has 6 heteroatoms. The van der Waals surface area contributed by atoms with Crippen LogP contribution in [0.4, 0.5) is 0 Å². The number of rotatable bonds is 3. The van der Waals surface area contributed by atoms with Crippen LogP contribution in [0, 0.1) is 0 Å². The summed E-state index contributed by atoms with van der Waals surface area (Å²) in [6.45, 7) is 0.546. The molecule has 6 N–H and O–H groups in total. The van der Waals surface area contributed by atoms with E-state index in [0.29, 0.717) is 6.54 Å². The van der Waals surface area contributed by atoms with E-state index in [9.17, 15) is 0 Å². The number of fused-ring (bicyclic) bond motifs is 1. The van der Waals surface area contributed by atoms with Gasteiger partial charge in [-0.25, -0.2) is 0 Å². The van der Waals surface area contributed by atoms with Gasteiger partial charge in [-0.1, -0.05) is 12.1 Å². The molecule has 0 spiro atoms. The highest BCUT2D eigenvalue weighted by atomic mass is 15.1. The summed E-state index contributed by atoms with van der Waals surface area (Å²) < 4.78 is 0. The fourth-order valence-electron chi connectivity index (χ4n) is 1.90. The van der Waals surface area contributed by atoms with Gasteiger partial charge in [0.15, 0.2) is 5.96 Å². The summed E-state index contributed by atoms with van der Waals surface area (Å²) in [7, 11) is 0. The second-order valence-electron chi connectivity index (χ2n) is 3.97. The standard InChI is InChI=1S/C12H16N6/c13-11(14)18-12(15)17-7-5-9-4-3-8-2-1-6-16-10(8)9/h1-2,4,6H,3,5,7H2,(H6,13,14,15,17,18). The summed E-state index contributed by atoms with van der Waals surface area (Å²) in [5, 5.41) is 0. The third kappa shape index (κ3) is 2.85. The lowest BCUT2D eigenvalue weighted by Crippen LogP contribution is -2.26. The van der Waals surface area contributed by atoms with E-state index in [0.717, 1.165) is 18.5 Å². The summed E-state index contributed by atoms with van der Waals surface area (Å²) in [6.07, 6.45) is 5.69. The van der Waals surface area contributed by atoms with E-state index in [1.54, 1.807) is 6.20 Å². The maximum absolute atomic E-state index is 5.52. The average molecular weight is 244 g/mol. The van der Waals surface area contributed by atoms with Crippen LogP contribution in [-0.2, 0) is 6.42 Å². The maximum Gasteiger partial charge on any atom is 0.218 e. The van der Waals surface area contributed by atoms with E-state index in [2.05, 4.69) is 27.1 Å². The van der Waals surface area contributed by atoms with Crippen molar-refractivity contribution in [3.05, 3.63) is 35.7 Å². The third-order valence-electron chi connectivity index (χ3n) is 2.66. The van der Waals surface area contributed by atoms with Gasteiger partial charge < -0.3 is 17.2 Å². The van der Waals surface area contributed by atoms with Gasteiger partial charge in [-0.15, -0.1) is 0 Å². The molecular weight excluding hydrogens is 228 g/mol. The molecule has 0 aromatic carbocycles. The monoisotopic (exact) mass is 244 g/mol. The van der Waals surface area contributed by atoms with Gasteiger partial charge in [0.05, 0.1) is 5.69 Å². The summed E-state index contributed by atoms with van der Waals surface area (Å²) in [5.41, 5.74) is 19.4. The Labute approximate surface area is 105 Å². The van der Waals surface area contributed by atoms with Crippen LogP contribution in [0.1, 0.15) is 17.7 Å². The molecule has 0 unspecified atom stereocenters. The molecule has 0 aliphatic heterocycles. The van der Waals surface area contributed by atoms with Gasteiger partial charge in [-0.05, 0) is 30.0 Å². The Hall–Kier alpha value is -2.37. The van der Waals surface area contributed by atoms with Gasteiger partial charge >= 0.3 is 0 Å². The van der Waals surface area contributed by atoms with Crippen LogP contribution in [0.5, 0.6) is 0 Å². The molecule has 1 aromatic heterocycles. The summed E-state index contributed by atoms with van der Waals surface area (Å²) in [6, 6.07) is 4.04. The van der Waals surface area contributed by atoms with Crippen molar-refractivity contribution in [3.8, 4) is 0 Å². The highest BCUT2D eigenvalue weighted by molar-refractivity contribution is 5.92. The molecule has 1 heterocycles. The molecule has 1 aliphatic rings. The van der Waals surface area contributed by atoms with Crippen LogP contribution in [0.25, 0.3) is 5.57 Å². The largest absolute Gasteiger partial charge is 0.370 e. The molecule has 0 fully saturated rings. The first-order valence-corrected chi connectivity index (χ1v) is 5.69. The van der Waals surface area contributed by atoms with Crippen molar-refractivity contribution in [1.29, 1.82) is 0 Å². The number of allylic oxidation sites excluding steroid dienone is 1. The minimum atomic E-state index is -0.0802. The Kier molecular flexibility index (Phi) is 3.57. The van der Waals surface area contributed by atoms with Gasteiger partial charge in [0.1, 0.15) is 0 Å². The van der Waals surface area contributed by atoms with Crippen LogP contribution in [0.15, 0.2) is 34.4 Å². The number of hydrogen-bond acceptors (Lipinski definition) is 2. The van der Waals surface area contributed by atoms with Gasteiger partial charge in [-0.3, -0.25) is 9.98 Å². The molecular formula is C12H16N6. The minimum absolute atomic E-state index is 0.0802. The number of pyridine rings is 1. The van der Waals surface area contributed by atoms with Crippen LogP contribution in [0.3, 0.4) is 0 Å². The maximum atomic E-state index is 5.52. The Morgan fingerprint density at radius 3 is 2.94 bits per heavy atom. The first kappa shape index (κ1) is 12.1. The van der Waals surface area contributed by atoms with Gasteiger partial charge in [0, 0.05) is 12.7 Å². The Balaban J connectivity index is 1.95.